The van der Waals surface area contributed by atoms with Gasteiger partial charge in [-0.25, -0.2) is 9.97 Å². The zero-order chi connectivity index (χ0) is 20.1. The first-order valence-corrected chi connectivity index (χ1v) is 11.2. The lowest BCUT2D eigenvalue weighted by atomic mass is 10.2. The van der Waals surface area contributed by atoms with Crippen molar-refractivity contribution < 1.29 is 17.7 Å². The van der Waals surface area contributed by atoms with Crippen LogP contribution in [-0.2, 0) is 16.5 Å². The first-order valence-electron chi connectivity index (χ1n) is 9.12. The molecular weight excluding hydrogens is 398 g/mol. The van der Waals surface area contributed by atoms with Gasteiger partial charge in [0.1, 0.15) is 11.6 Å². The Balaban J connectivity index is 1.86. The number of benzene rings is 1. The van der Waals surface area contributed by atoms with E-state index in [0.29, 0.717) is 16.5 Å². The molecule has 0 amide bonds. The molecule has 0 fully saturated rings. The second kappa shape index (κ2) is 8.93. The number of hydrogen-bond donors (Lipinski definition) is 2. The number of unbranched alkanes of at least 4 members (excludes halogenated alkanes) is 1. The average Bonchev–Trinajstić information content (AvgIpc) is 3.08. The highest BCUT2D eigenvalue weighted by Crippen LogP contribution is 2.30. The number of thiol groups is 1. The molecule has 28 heavy (non-hydrogen) atoms. The van der Waals surface area contributed by atoms with Crippen molar-refractivity contribution in [3.8, 4) is 11.6 Å². The molecule has 3 rings (SSSR count). The van der Waals surface area contributed by atoms with E-state index in [0.717, 1.165) is 36.0 Å². The average molecular weight is 422 g/mol. The van der Waals surface area contributed by atoms with Crippen LogP contribution in [0, 0.1) is 0 Å². The maximum absolute atomic E-state index is 10.8. The lowest BCUT2D eigenvalue weighted by molar-refractivity contribution is 0.320. The van der Waals surface area contributed by atoms with Gasteiger partial charge in [0.2, 0.25) is 0 Å². The van der Waals surface area contributed by atoms with Crippen LogP contribution in [0.4, 0.5) is 0 Å². The summed E-state index contributed by atoms with van der Waals surface area (Å²) in [5.41, 5.74) is 0.905. The fourth-order valence-electron chi connectivity index (χ4n) is 2.91. The minimum absolute atomic E-state index is 0.191. The quantitative estimate of drug-likeness (QED) is 0.311. The van der Waals surface area contributed by atoms with E-state index in [1.54, 1.807) is 6.20 Å². The van der Waals surface area contributed by atoms with Gasteiger partial charge in [-0.15, -0.1) is 12.6 Å². The van der Waals surface area contributed by atoms with Crippen LogP contribution in [-0.4, -0.2) is 39.9 Å². The molecule has 0 bridgehead atoms. The molecule has 0 aliphatic carbocycles. The molecule has 0 radical (unpaired) electrons. The minimum Gasteiger partial charge on any atom is -0.493 e. The van der Waals surface area contributed by atoms with Gasteiger partial charge < -0.3 is 9.30 Å². The summed E-state index contributed by atoms with van der Waals surface area (Å²) in [5.74, 6) is 1.82. The zero-order valence-electron chi connectivity index (χ0n) is 15.6. The van der Waals surface area contributed by atoms with Crippen molar-refractivity contribution >= 4 is 33.6 Å². The highest BCUT2D eigenvalue weighted by atomic mass is 32.2. The fraction of sp³-hybridized carbons (Fsp3) is 0.368. The van der Waals surface area contributed by atoms with Crippen molar-refractivity contribution in [1.82, 2.24) is 14.5 Å². The van der Waals surface area contributed by atoms with E-state index in [-0.39, 0.29) is 18.8 Å². The van der Waals surface area contributed by atoms with Gasteiger partial charge in [0.05, 0.1) is 22.8 Å². The van der Waals surface area contributed by atoms with E-state index in [9.17, 15) is 8.42 Å². The van der Waals surface area contributed by atoms with E-state index < -0.39 is 10.1 Å². The normalized spacial score (nSPS) is 11.8. The highest BCUT2D eigenvalue weighted by Gasteiger charge is 2.13. The molecule has 0 spiro atoms. The van der Waals surface area contributed by atoms with Crippen molar-refractivity contribution in [2.45, 2.75) is 37.5 Å². The molecule has 2 heterocycles. The van der Waals surface area contributed by atoms with Crippen LogP contribution in [0.3, 0.4) is 0 Å². The molecule has 0 aliphatic rings. The van der Waals surface area contributed by atoms with Crippen LogP contribution >= 0.6 is 12.6 Å². The number of nitrogens with zero attached hydrogens (tertiary/aromatic N) is 3. The number of ether oxygens (including phenoxy) is 1. The van der Waals surface area contributed by atoms with Crippen molar-refractivity contribution in [3.05, 3.63) is 42.5 Å². The number of rotatable bonds is 9. The maximum Gasteiger partial charge on any atom is 0.264 e. The summed E-state index contributed by atoms with van der Waals surface area (Å²) in [7, 11) is -3.98. The molecule has 1 aromatic carbocycles. The lowest BCUT2D eigenvalue weighted by Gasteiger charge is -2.11. The van der Waals surface area contributed by atoms with Crippen molar-refractivity contribution in [3.63, 3.8) is 0 Å². The molecule has 7 nitrogen and oxygen atoms in total. The number of aromatic nitrogens is 3. The molecule has 0 unspecified atom stereocenters. The predicted molar refractivity (Wildman–Crippen MR) is 111 cm³/mol. The molecular formula is C19H23N3O4S2. The van der Waals surface area contributed by atoms with Gasteiger partial charge in [-0.05, 0) is 31.0 Å². The van der Waals surface area contributed by atoms with Crippen molar-refractivity contribution in [1.29, 1.82) is 0 Å². The lowest BCUT2D eigenvalue weighted by Crippen LogP contribution is -2.08. The number of hydrogen-bond acceptors (Lipinski definition) is 6. The van der Waals surface area contributed by atoms with Crippen LogP contribution in [0.5, 0.6) is 5.75 Å². The largest absolute Gasteiger partial charge is 0.493 e. The van der Waals surface area contributed by atoms with Crippen LogP contribution in [0.2, 0.25) is 0 Å². The Kier molecular flexibility index (Phi) is 6.58. The standard InChI is InChI=1S/C19H23N3O4S2/c1-2-3-8-18-20-13-17(27)19(21-18)22-10-9-14-15(22)6-4-7-16(14)26-11-5-12-28(23,24)25/h4,6-7,9-10,13,27H,2-3,5,8,11-12H2,1H3,(H,23,24,25). The Morgan fingerprint density at radius 1 is 1.25 bits per heavy atom. The van der Waals surface area contributed by atoms with Crippen LogP contribution in [0.1, 0.15) is 32.0 Å². The minimum atomic E-state index is -3.98. The van der Waals surface area contributed by atoms with Crippen LogP contribution in [0.25, 0.3) is 16.7 Å². The smallest absolute Gasteiger partial charge is 0.264 e. The summed E-state index contributed by atoms with van der Waals surface area (Å²) in [5, 5.41) is 0.885. The van der Waals surface area contributed by atoms with Gasteiger partial charge in [-0.1, -0.05) is 19.4 Å². The number of fused-ring (bicyclic) bond motifs is 1. The van der Waals surface area contributed by atoms with Crippen LogP contribution < -0.4 is 4.74 Å². The molecule has 3 aromatic rings. The van der Waals surface area contributed by atoms with E-state index in [4.69, 9.17) is 9.29 Å². The van der Waals surface area contributed by atoms with E-state index in [1.807, 2.05) is 35.0 Å². The Morgan fingerprint density at radius 3 is 2.82 bits per heavy atom. The second-order valence-electron chi connectivity index (χ2n) is 6.46. The van der Waals surface area contributed by atoms with Gasteiger partial charge in [0.25, 0.3) is 10.1 Å². The van der Waals surface area contributed by atoms with Gasteiger partial charge >= 0.3 is 0 Å². The third-order valence-corrected chi connectivity index (χ3v) is 5.40. The first kappa shape index (κ1) is 20.6. The van der Waals surface area contributed by atoms with Gasteiger partial charge in [-0.2, -0.15) is 8.42 Å². The Morgan fingerprint density at radius 2 is 2.07 bits per heavy atom. The molecule has 0 aliphatic heterocycles. The molecule has 0 atom stereocenters. The fourth-order valence-corrected chi connectivity index (χ4v) is 3.61. The second-order valence-corrected chi connectivity index (χ2v) is 8.52. The van der Waals surface area contributed by atoms with Gasteiger partial charge in [-0.3, -0.25) is 4.55 Å². The first-order chi connectivity index (χ1) is 13.4. The molecule has 9 heteroatoms. The summed E-state index contributed by atoms with van der Waals surface area (Å²) in [6.45, 7) is 2.32. The highest BCUT2D eigenvalue weighted by molar-refractivity contribution is 7.85. The number of aryl methyl sites for hydroxylation is 1. The third kappa shape index (κ3) is 5.03. The SMILES string of the molecule is CCCCc1ncc(S)c(-n2ccc3c(OCCCS(=O)(=O)O)cccc32)n1. The van der Waals surface area contributed by atoms with E-state index in [2.05, 4.69) is 29.5 Å². The third-order valence-electron chi connectivity index (χ3n) is 4.28. The van der Waals surface area contributed by atoms with Crippen LogP contribution in [0.15, 0.2) is 41.6 Å². The Hall–Kier alpha value is -2.10. The van der Waals surface area contributed by atoms with Crippen molar-refractivity contribution in [2.75, 3.05) is 12.4 Å². The van der Waals surface area contributed by atoms with Gasteiger partial charge in [0, 0.05) is 24.2 Å². The van der Waals surface area contributed by atoms with E-state index >= 15 is 0 Å². The molecule has 2 aromatic heterocycles. The molecule has 0 saturated heterocycles. The van der Waals surface area contributed by atoms with Crippen molar-refractivity contribution in [2.24, 2.45) is 0 Å². The summed E-state index contributed by atoms with van der Waals surface area (Å²) in [6.07, 6.45) is 6.76. The van der Waals surface area contributed by atoms with Gasteiger partial charge in [0.15, 0.2) is 5.82 Å². The molecule has 0 saturated carbocycles. The zero-order valence-corrected chi connectivity index (χ0v) is 17.3. The molecule has 1 N–H and O–H groups in total. The Bertz CT molecular complexity index is 1060. The predicted octanol–water partition coefficient (Wildman–Crippen LogP) is 3.71. The maximum atomic E-state index is 10.8. The topological polar surface area (TPSA) is 94.3 Å². The summed E-state index contributed by atoms with van der Waals surface area (Å²) in [6, 6.07) is 7.58. The molecule has 150 valence electrons. The Labute approximate surface area is 169 Å². The summed E-state index contributed by atoms with van der Waals surface area (Å²) in [4.78, 5) is 9.71. The summed E-state index contributed by atoms with van der Waals surface area (Å²) < 4.78 is 38.1. The summed E-state index contributed by atoms with van der Waals surface area (Å²) >= 11 is 4.51. The monoisotopic (exact) mass is 421 g/mol. The van der Waals surface area contributed by atoms with E-state index in [1.165, 1.54) is 0 Å².